The van der Waals surface area contributed by atoms with E-state index >= 15 is 0 Å². The van der Waals surface area contributed by atoms with Crippen LogP contribution in [0.3, 0.4) is 0 Å². The van der Waals surface area contributed by atoms with E-state index in [2.05, 4.69) is 10.1 Å². The molecule has 9 heteroatoms. The van der Waals surface area contributed by atoms with Crippen molar-refractivity contribution in [2.75, 3.05) is 23.7 Å². The van der Waals surface area contributed by atoms with Crippen LogP contribution in [0.25, 0.3) is 11.5 Å². The molecule has 0 amide bonds. The van der Waals surface area contributed by atoms with Crippen LogP contribution in [-0.2, 0) is 20.4 Å². The Morgan fingerprint density at radius 2 is 2.12 bits per heavy atom. The van der Waals surface area contributed by atoms with E-state index in [1.165, 1.54) is 4.31 Å². The van der Waals surface area contributed by atoms with E-state index in [-0.39, 0.29) is 11.6 Å². The lowest BCUT2D eigenvalue weighted by atomic mass is 10.1. The predicted molar refractivity (Wildman–Crippen MR) is 90.5 cm³/mol. The van der Waals surface area contributed by atoms with Crippen molar-refractivity contribution in [3.05, 3.63) is 29.0 Å². The number of benzene rings is 1. The molecule has 0 bridgehead atoms. The maximum Gasteiger partial charge on any atom is 0.259 e. The maximum atomic E-state index is 12.0. The number of sulfonamides is 1. The Morgan fingerprint density at radius 1 is 1.38 bits per heavy atom. The van der Waals surface area contributed by atoms with E-state index in [1.807, 2.05) is 13.8 Å². The molecule has 1 aromatic carbocycles. The molecule has 130 valence electrons. The van der Waals surface area contributed by atoms with Gasteiger partial charge in [0.25, 0.3) is 5.89 Å². The van der Waals surface area contributed by atoms with Gasteiger partial charge in [-0.3, -0.25) is 4.31 Å². The van der Waals surface area contributed by atoms with Crippen molar-refractivity contribution in [3.8, 4) is 11.5 Å². The molecule has 0 aliphatic carbocycles. The van der Waals surface area contributed by atoms with E-state index in [1.54, 1.807) is 25.3 Å². The molecule has 1 fully saturated rings. The maximum absolute atomic E-state index is 12.0. The minimum Gasteiger partial charge on any atom is -0.371 e. The number of aromatic nitrogens is 2. The van der Waals surface area contributed by atoms with Crippen LogP contribution in [0, 0.1) is 0 Å². The van der Waals surface area contributed by atoms with Crippen molar-refractivity contribution in [1.82, 2.24) is 10.1 Å². The Bertz CT molecular complexity index is 863. The van der Waals surface area contributed by atoms with Crippen LogP contribution in [0.15, 0.2) is 22.7 Å². The highest BCUT2D eigenvalue weighted by atomic mass is 35.5. The summed E-state index contributed by atoms with van der Waals surface area (Å²) in [6.45, 7) is 4.11. The monoisotopic (exact) mass is 371 g/mol. The summed E-state index contributed by atoms with van der Waals surface area (Å²) in [5.41, 5.74) is 0.401. The van der Waals surface area contributed by atoms with Gasteiger partial charge in [0, 0.05) is 13.7 Å². The summed E-state index contributed by atoms with van der Waals surface area (Å²) in [7, 11) is -1.68. The number of nitrogens with zero attached hydrogens (tertiary/aromatic N) is 3. The fourth-order valence-electron chi connectivity index (χ4n) is 2.43. The summed E-state index contributed by atoms with van der Waals surface area (Å²) in [5, 5.41) is 4.27. The Balaban J connectivity index is 1.94. The van der Waals surface area contributed by atoms with Crippen LogP contribution < -0.4 is 4.31 Å². The van der Waals surface area contributed by atoms with Gasteiger partial charge in [-0.25, -0.2) is 8.42 Å². The number of rotatable bonds is 4. The first-order valence-corrected chi connectivity index (χ1v) is 9.43. The summed E-state index contributed by atoms with van der Waals surface area (Å²) in [4.78, 5) is 4.32. The average Bonchev–Trinajstić information content (AvgIpc) is 3.14. The number of hydrogen-bond donors (Lipinski definition) is 0. The summed E-state index contributed by atoms with van der Waals surface area (Å²) in [6.07, 6.45) is 0.612. The second-order valence-electron chi connectivity index (χ2n) is 6.04. The van der Waals surface area contributed by atoms with Crippen molar-refractivity contribution in [1.29, 1.82) is 0 Å². The highest BCUT2D eigenvalue weighted by Crippen LogP contribution is 2.34. The lowest BCUT2D eigenvalue weighted by Gasteiger charge is -2.17. The molecule has 0 saturated carbocycles. The first kappa shape index (κ1) is 17.2. The zero-order valence-electron chi connectivity index (χ0n) is 13.6. The van der Waals surface area contributed by atoms with E-state index < -0.39 is 15.6 Å². The van der Waals surface area contributed by atoms with Crippen LogP contribution in [-0.4, -0.2) is 38.0 Å². The molecule has 1 aliphatic heterocycles. The van der Waals surface area contributed by atoms with E-state index in [0.717, 1.165) is 0 Å². The highest BCUT2D eigenvalue weighted by Gasteiger charge is 2.30. The van der Waals surface area contributed by atoms with Gasteiger partial charge < -0.3 is 9.26 Å². The molecule has 0 radical (unpaired) electrons. The molecule has 1 saturated heterocycles. The molecule has 0 spiro atoms. The molecule has 2 aromatic rings. The topological polar surface area (TPSA) is 85.5 Å². The largest absolute Gasteiger partial charge is 0.371 e. The summed E-state index contributed by atoms with van der Waals surface area (Å²) in [5.74, 6) is 0.823. The molecular formula is C15H18ClN3O4S. The van der Waals surface area contributed by atoms with Gasteiger partial charge >= 0.3 is 0 Å². The lowest BCUT2D eigenvalue weighted by Crippen LogP contribution is -2.24. The molecule has 1 aliphatic rings. The lowest BCUT2D eigenvalue weighted by molar-refractivity contribution is 0.00973. The standard InChI is InChI=1S/C15H18ClN3O4S/c1-15(2,22-3)14-17-13(23-18-14)11-6-5-10(9-12(11)16)19-7-4-8-24(19,20)21/h5-6,9H,4,7-8H2,1-3H3. The fourth-order valence-corrected chi connectivity index (χ4v) is 4.24. The van der Waals surface area contributed by atoms with Crippen LogP contribution in [0.2, 0.25) is 5.02 Å². The van der Waals surface area contributed by atoms with Crippen molar-refractivity contribution in [2.45, 2.75) is 25.9 Å². The number of ether oxygens (including phenoxy) is 1. The van der Waals surface area contributed by atoms with E-state index in [4.69, 9.17) is 20.9 Å². The van der Waals surface area contributed by atoms with Gasteiger partial charge in [0.2, 0.25) is 15.8 Å². The van der Waals surface area contributed by atoms with Crippen LogP contribution in [0.4, 0.5) is 5.69 Å². The molecule has 0 unspecified atom stereocenters. The van der Waals surface area contributed by atoms with Gasteiger partial charge in [-0.2, -0.15) is 4.98 Å². The minimum atomic E-state index is -3.25. The van der Waals surface area contributed by atoms with E-state index in [0.29, 0.717) is 35.1 Å². The van der Waals surface area contributed by atoms with Crippen molar-refractivity contribution < 1.29 is 17.7 Å². The predicted octanol–water partition coefficient (Wildman–Crippen LogP) is 2.81. The second-order valence-corrected chi connectivity index (χ2v) is 8.46. The Morgan fingerprint density at radius 3 is 2.71 bits per heavy atom. The van der Waals surface area contributed by atoms with Gasteiger partial charge in [0.15, 0.2) is 0 Å². The van der Waals surface area contributed by atoms with Gasteiger partial charge in [-0.05, 0) is 38.5 Å². The third-order valence-electron chi connectivity index (χ3n) is 4.05. The van der Waals surface area contributed by atoms with Crippen LogP contribution >= 0.6 is 11.6 Å². The SMILES string of the molecule is COC(C)(C)c1noc(-c2ccc(N3CCCS3(=O)=O)cc2Cl)n1. The molecule has 0 N–H and O–H groups in total. The van der Waals surface area contributed by atoms with Gasteiger partial charge in [0.1, 0.15) is 5.60 Å². The normalized spacial score (nSPS) is 17.4. The first-order valence-electron chi connectivity index (χ1n) is 7.44. The summed E-state index contributed by atoms with van der Waals surface area (Å²) in [6, 6.07) is 4.98. The van der Waals surface area contributed by atoms with Crippen LogP contribution in [0.1, 0.15) is 26.1 Å². The molecule has 2 heterocycles. The Kier molecular flexibility index (Phi) is 4.31. The molecule has 1 aromatic heterocycles. The van der Waals surface area contributed by atoms with Gasteiger partial charge in [-0.15, -0.1) is 0 Å². The number of halogens is 1. The van der Waals surface area contributed by atoms with E-state index in [9.17, 15) is 8.42 Å². The quantitative estimate of drug-likeness (QED) is 0.821. The number of anilines is 1. The second kappa shape index (κ2) is 6.02. The zero-order valence-corrected chi connectivity index (χ0v) is 15.2. The third kappa shape index (κ3) is 3.01. The molecular weight excluding hydrogens is 354 g/mol. The van der Waals surface area contributed by atoms with Gasteiger partial charge in [0.05, 0.1) is 22.0 Å². The Labute approximate surface area is 145 Å². The Hall–Kier alpha value is -1.64. The number of hydrogen-bond acceptors (Lipinski definition) is 6. The molecule has 3 rings (SSSR count). The van der Waals surface area contributed by atoms with Gasteiger partial charge in [-0.1, -0.05) is 16.8 Å². The number of methoxy groups -OCH3 is 1. The molecule has 24 heavy (non-hydrogen) atoms. The third-order valence-corrected chi connectivity index (χ3v) is 6.23. The molecule has 0 atom stereocenters. The van der Waals surface area contributed by atoms with Crippen molar-refractivity contribution in [3.63, 3.8) is 0 Å². The van der Waals surface area contributed by atoms with Crippen molar-refractivity contribution >= 4 is 27.3 Å². The van der Waals surface area contributed by atoms with Crippen molar-refractivity contribution in [2.24, 2.45) is 0 Å². The fraction of sp³-hybridized carbons (Fsp3) is 0.467. The smallest absolute Gasteiger partial charge is 0.259 e. The molecule has 7 nitrogen and oxygen atoms in total. The highest BCUT2D eigenvalue weighted by molar-refractivity contribution is 7.93. The van der Waals surface area contributed by atoms with Crippen LogP contribution in [0.5, 0.6) is 0 Å². The minimum absolute atomic E-state index is 0.158. The summed E-state index contributed by atoms with van der Waals surface area (Å²) >= 11 is 6.31. The zero-order chi connectivity index (χ0) is 17.5. The average molecular weight is 372 g/mol. The first-order chi connectivity index (χ1) is 11.2. The summed E-state index contributed by atoms with van der Waals surface area (Å²) < 4.78 is 36.0.